The second-order valence-electron chi connectivity index (χ2n) is 7.57. The van der Waals surface area contributed by atoms with Crippen LogP contribution in [0.2, 0.25) is 0 Å². The number of piperazine rings is 1. The Morgan fingerprint density at radius 3 is 2.37 bits per heavy atom. The lowest BCUT2D eigenvalue weighted by Gasteiger charge is -2.39. The van der Waals surface area contributed by atoms with Crippen LogP contribution < -0.4 is 0 Å². The molecular formula is C19H30N4O3S. The molecule has 2 aliphatic heterocycles. The van der Waals surface area contributed by atoms with Crippen molar-refractivity contribution in [3.8, 4) is 0 Å². The monoisotopic (exact) mass is 394 g/mol. The molecule has 1 atom stereocenters. The summed E-state index contributed by atoms with van der Waals surface area (Å²) in [5.74, 6) is -0.123. The number of hydrogen-bond acceptors (Lipinski definition) is 4. The number of carbonyl (C=O) groups is 1. The quantitative estimate of drug-likeness (QED) is 0.743. The highest BCUT2D eigenvalue weighted by Crippen LogP contribution is 2.23. The van der Waals surface area contributed by atoms with E-state index in [1.54, 1.807) is 0 Å². The molecule has 0 aliphatic carbocycles. The third-order valence-electron chi connectivity index (χ3n) is 5.45. The topological polar surface area (TPSA) is 64.2 Å². The molecule has 27 heavy (non-hydrogen) atoms. The normalized spacial score (nSPS) is 22.9. The molecule has 2 saturated heterocycles. The summed E-state index contributed by atoms with van der Waals surface area (Å²) in [5.41, 5.74) is 1.29. The summed E-state index contributed by atoms with van der Waals surface area (Å²) in [4.78, 5) is 17.2. The van der Waals surface area contributed by atoms with Gasteiger partial charge in [0.15, 0.2) is 0 Å². The van der Waals surface area contributed by atoms with Crippen molar-refractivity contribution in [2.75, 3.05) is 53.4 Å². The van der Waals surface area contributed by atoms with Crippen LogP contribution in [0.4, 0.5) is 0 Å². The fraction of sp³-hybridized carbons (Fsp3) is 0.632. The van der Waals surface area contributed by atoms with Gasteiger partial charge in [0, 0.05) is 59.9 Å². The third-order valence-corrected chi connectivity index (χ3v) is 7.36. The van der Waals surface area contributed by atoms with Crippen LogP contribution >= 0.6 is 0 Å². The first-order valence-corrected chi connectivity index (χ1v) is 11.0. The van der Waals surface area contributed by atoms with Crippen LogP contribution in [-0.2, 0) is 21.5 Å². The third kappa shape index (κ3) is 4.87. The molecule has 8 heteroatoms. The number of piperidine rings is 1. The van der Waals surface area contributed by atoms with Gasteiger partial charge < -0.3 is 4.90 Å². The van der Waals surface area contributed by atoms with Gasteiger partial charge in [-0.25, -0.2) is 0 Å². The maximum Gasteiger partial charge on any atom is 0.281 e. The fourth-order valence-electron chi connectivity index (χ4n) is 3.81. The fourth-order valence-corrected chi connectivity index (χ4v) is 5.00. The van der Waals surface area contributed by atoms with Crippen molar-refractivity contribution in [3.63, 3.8) is 0 Å². The number of benzene rings is 1. The van der Waals surface area contributed by atoms with Crippen molar-refractivity contribution in [2.45, 2.75) is 19.4 Å². The molecule has 0 spiro atoms. The minimum absolute atomic E-state index is 0.105. The Bertz CT molecular complexity index is 731. The highest BCUT2D eigenvalue weighted by molar-refractivity contribution is 7.86. The molecule has 0 aromatic heterocycles. The molecule has 7 nitrogen and oxygen atoms in total. The van der Waals surface area contributed by atoms with Crippen molar-refractivity contribution in [1.82, 2.24) is 18.4 Å². The van der Waals surface area contributed by atoms with Crippen LogP contribution in [0.15, 0.2) is 30.3 Å². The molecule has 0 unspecified atom stereocenters. The second kappa shape index (κ2) is 8.68. The first-order chi connectivity index (χ1) is 12.9. The summed E-state index contributed by atoms with van der Waals surface area (Å²) in [5, 5.41) is 0. The van der Waals surface area contributed by atoms with Gasteiger partial charge in [0.1, 0.15) is 0 Å². The van der Waals surface area contributed by atoms with Crippen molar-refractivity contribution >= 4 is 16.1 Å². The number of rotatable bonds is 5. The Labute approximate surface area is 162 Å². The van der Waals surface area contributed by atoms with E-state index in [4.69, 9.17) is 0 Å². The first-order valence-electron chi connectivity index (χ1n) is 9.60. The van der Waals surface area contributed by atoms with Gasteiger partial charge in [0.2, 0.25) is 5.91 Å². The predicted molar refractivity (Wildman–Crippen MR) is 105 cm³/mol. The lowest BCUT2D eigenvalue weighted by molar-refractivity contribution is -0.138. The van der Waals surface area contributed by atoms with Crippen molar-refractivity contribution in [1.29, 1.82) is 0 Å². The Hall–Kier alpha value is -1.48. The van der Waals surface area contributed by atoms with Crippen molar-refractivity contribution in [2.24, 2.45) is 5.92 Å². The molecule has 0 bridgehead atoms. The van der Waals surface area contributed by atoms with E-state index in [-0.39, 0.29) is 11.8 Å². The summed E-state index contributed by atoms with van der Waals surface area (Å²) in [6.07, 6.45) is 1.50. The average molecular weight is 395 g/mol. The Morgan fingerprint density at radius 1 is 1.07 bits per heavy atom. The first kappa shape index (κ1) is 20.3. The maximum absolute atomic E-state index is 12.9. The van der Waals surface area contributed by atoms with E-state index in [0.717, 1.165) is 32.5 Å². The van der Waals surface area contributed by atoms with Crippen LogP contribution in [0.25, 0.3) is 0 Å². The molecule has 0 N–H and O–H groups in total. The molecule has 1 aromatic carbocycles. The summed E-state index contributed by atoms with van der Waals surface area (Å²) in [6.45, 7) is 4.82. The largest absolute Gasteiger partial charge is 0.340 e. The molecule has 3 rings (SSSR count). The number of carbonyl (C=O) groups excluding carboxylic acids is 1. The SMILES string of the molecule is CN(C)S(=O)(=O)N1CCC[C@H](C(=O)N2CCN(Cc3ccccc3)CC2)C1. The van der Waals surface area contributed by atoms with E-state index in [9.17, 15) is 13.2 Å². The smallest absolute Gasteiger partial charge is 0.281 e. The summed E-state index contributed by atoms with van der Waals surface area (Å²) < 4.78 is 27.4. The van der Waals surface area contributed by atoms with Gasteiger partial charge in [0.25, 0.3) is 10.2 Å². The zero-order chi connectivity index (χ0) is 19.4. The van der Waals surface area contributed by atoms with E-state index in [0.29, 0.717) is 26.2 Å². The summed E-state index contributed by atoms with van der Waals surface area (Å²) in [7, 11) is -0.384. The maximum atomic E-state index is 12.9. The zero-order valence-electron chi connectivity index (χ0n) is 16.2. The lowest BCUT2D eigenvalue weighted by Crippen LogP contribution is -2.53. The van der Waals surface area contributed by atoms with Gasteiger partial charge in [-0.3, -0.25) is 9.69 Å². The van der Waals surface area contributed by atoms with Gasteiger partial charge in [0.05, 0.1) is 5.92 Å². The van der Waals surface area contributed by atoms with Crippen LogP contribution in [-0.4, -0.2) is 86.1 Å². The molecule has 0 radical (unpaired) electrons. The average Bonchev–Trinajstić information content (AvgIpc) is 2.69. The predicted octanol–water partition coefficient (Wildman–Crippen LogP) is 0.849. The molecular weight excluding hydrogens is 364 g/mol. The summed E-state index contributed by atoms with van der Waals surface area (Å²) >= 11 is 0. The van der Waals surface area contributed by atoms with Gasteiger partial charge in [-0.2, -0.15) is 17.0 Å². The van der Waals surface area contributed by atoms with Crippen LogP contribution in [0.3, 0.4) is 0 Å². The van der Waals surface area contributed by atoms with E-state index >= 15 is 0 Å². The van der Waals surface area contributed by atoms with Gasteiger partial charge in [-0.15, -0.1) is 0 Å². The van der Waals surface area contributed by atoms with Crippen LogP contribution in [0.5, 0.6) is 0 Å². The Balaban J connectivity index is 1.53. The molecule has 150 valence electrons. The minimum atomic E-state index is -3.45. The second-order valence-corrected chi connectivity index (χ2v) is 9.72. The highest BCUT2D eigenvalue weighted by atomic mass is 32.2. The molecule has 2 heterocycles. The lowest BCUT2D eigenvalue weighted by atomic mass is 9.97. The highest BCUT2D eigenvalue weighted by Gasteiger charge is 2.35. The van der Waals surface area contributed by atoms with Gasteiger partial charge in [-0.1, -0.05) is 30.3 Å². The van der Waals surface area contributed by atoms with E-state index in [1.807, 2.05) is 23.1 Å². The van der Waals surface area contributed by atoms with Crippen molar-refractivity contribution < 1.29 is 13.2 Å². The molecule has 1 aromatic rings. The molecule has 2 fully saturated rings. The van der Waals surface area contributed by atoms with Crippen LogP contribution in [0, 0.1) is 5.92 Å². The Morgan fingerprint density at radius 2 is 1.74 bits per heavy atom. The van der Waals surface area contributed by atoms with E-state index in [1.165, 1.54) is 28.3 Å². The zero-order valence-corrected chi connectivity index (χ0v) is 17.1. The molecule has 0 saturated carbocycles. The number of amides is 1. The molecule has 2 aliphatic rings. The van der Waals surface area contributed by atoms with Gasteiger partial charge >= 0.3 is 0 Å². The van der Waals surface area contributed by atoms with Crippen molar-refractivity contribution in [3.05, 3.63) is 35.9 Å². The van der Waals surface area contributed by atoms with Crippen LogP contribution in [0.1, 0.15) is 18.4 Å². The number of hydrogen-bond donors (Lipinski definition) is 0. The van der Waals surface area contributed by atoms with E-state index < -0.39 is 10.2 Å². The standard InChI is InChI=1S/C19H30N4O3S/c1-20(2)27(25,26)23-10-6-9-18(16-23)19(24)22-13-11-21(12-14-22)15-17-7-4-3-5-8-17/h3-5,7-8,18H,6,9-16H2,1-2H3/t18-/m0/s1. The van der Waals surface area contributed by atoms with Gasteiger partial charge in [-0.05, 0) is 18.4 Å². The van der Waals surface area contributed by atoms with E-state index in [2.05, 4.69) is 17.0 Å². The molecule has 1 amide bonds. The number of nitrogens with zero attached hydrogens (tertiary/aromatic N) is 4. The summed E-state index contributed by atoms with van der Waals surface area (Å²) in [6, 6.07) is 10.4. The Kier molecular flexibility index (Phi) is 6.52. The minimum Gasteiger partial charge on any atom is -0.340 e.